The molecule has 1 fully saturated rings. The number of halogens is 3. The van der Waals surface area contributed by atoms with Crippen molar-refractivity contribution >= 4 is 5.71 Å². The summed E-state index contributed by atoms with van der Waals surface area (Å²) in [7, 11) is 0. The Morgan fingerprint density at radius 2 is 2.13 bits per heavy atom. The second kappa shape index (κ2) is 6.27. The molecule has 0 N–H and O–H groups in total. The molecule has 0 spiro atoms. The van der Waals surface area contributed by atoms with Crippen LogP contribution >= 0.6 is 0 Å². The van der Waals surface area contributed by atoms with Crippen molar-refractivity contribution in [3.63, 3.8) is 0 Å². The van der Waals surface area contributed by atoms with Crippen LogP contribution in [-0.4, -0.2) is 11.8 Å². The van der Waals surface area contributed by atoms with Gasteiger partial charge in [-0.05, 0) is 37.8 Å². The van der Waals surface area contributed by atoms with Crippen molar-refractivity contribution in [2.75, 3.05) is 0 Å². The zero-order valence-electron chi connectivity index (χ0n) is 12.9. The summed E-state index contributed by atoms with van der Waals surface area (Å²) in [5.74, 6) is 5.66. The highest BCUT2D eigenvalue weighted by molar-refractivity contribution is 6.04. The molecule has 1 heterocycles. The average molecular weight is 321 g/mol. The number of benzene rings is 1. The highest BCUT2D eigenvalue weighted by atomic mass is 19.4. The van der Waals surface area contributed by atoms with Gasteiger partial charge in [-0.25, -0.2) is 0 Å². The number of oxime groups is 1. The van der Waals surface area contributed by atoms with E-state index in [1.165, 1.54) is 6.07 Å². The van der Waals surface area contributed by atoms with Crippen LogP contribution in [0, 0.1) is 17.8 Å². The molecule has 1 aromatic carbocycles. The number of alkyl halides is 3. The number of hydrogen-bond donors (Lipinski definition) is 0. The van der Waals surface area contributed by atoms with E-state index in [1.54, 1.807) is 6.07 Å². The van der Waals surface area contributed by atoms with E-state index in [-0.39, 0.29) is 17.6 Å². The zero-order chi connectivity index (χ0) is 16.4. The fourth-order valence-corrected chi connectivity index (χ4v) is 3.18. The fraction of sp³-hybridized carbons (Fsp3) is 0.500. The van der Waals surface area contributed by atoms with Gasteiger partial charge in [0.25, 0.3) is 0 Å². The van der Waals surface area contributed by atoms with Crippen molar-refractivity contribution in [1.82, 2.24) is 0 Å². The van der Waals surface area contributed by atoms with Crippen molar-refractivity contribution in [2.45, 2.75) is 51.3 Å². The minimum atomic E-state index is -4.43. The summed E-state index contributed by atoms with van der Waals surface area (Å²) in [6.07, 6.45) is -0.275. The van der Waals surface area contributed by atoms with E-state index in [0.29, 0.717) is 17.7 Å². The monoisotopic (exact) mass is 321 g/mol. The van der Waals surface area contributed by atoms with Gasteiger partial charge in [0.15, 0.2) is 0 Å². The molecule has 2 atom stereocenters. The van der Waals surface area contributed by atoms with Gasteiger partial charge < -0.3 is 4.84 Å². The van der Waals surface area contributed by atoms with E-state index in [9.17, 15) is 13.2 Å². The Morgan fingerprint density at radius 3 is 2.87 bits per heavy atom. The first-order valence-electron chi connectivity index (χ1n) is 7.95. The van der Waals surface area contributed by atoms with E-state index in [4.69, 9.17) is 4.84 Å². The first-order chi connectivity index (χ1) is 11.0. The molecule has 5 heteroatoms. The molecule has 3 rings (SSSR count). The predicted octanol–water partition coefficient (Wildman–Crippen LogP) is 4.76. The second-order valence-corrected chi connectivity index (χ2v) is 5.97. The number of fused-ring (bicyclic) bond motifs is 1. The molecular formula is C18H18F3NO. The summed E-state index contributed by atoms with van der Waals surface area (Å²) in [6.45, 7) is 1.98. The van der Waals surface area contributed by atoms with Gasteiger partial charge in [-0.3, -0.25) is 0 Å². The highest BCUT2D eigenvalue weighted by Crippen LogP contribution is 2.40. The molecule has 122 valence electrons. The standard InChI is InChI=1S/C18H18F3NO/c1-2-3-4-6-12-9-10-13(15(11-12)18(19,20)21)17-14-7-5-8-16(14)23-22-17/h9-11,14,16H,2-3,5,7-8H2,1H3. The smallest absolute Gasteiger partial charge is 0.392 e. The van der Waals surface area contributed by atoms with Gasteiger partial charge in [-0.1, -0.05) is 30.0 Å². The van der Waals surface area contributed by atoms with Crippen LogP contribution in [0.15, 0.2) is 23.4 Å². The number of unbranched alkanes of at least 4 members (excludes halogenated alkanes) is 1. The van der Waals surface area contributed by atoms with E-state index >= 15 is 0 Å². The van der Waals surface area contributed by atoms with Crippen molar-refractivity contribution in [1.29, 1.82) is 0 Å². The van der Waals surface area contributed by atoms with E-state index in [2.05, 4.69) is 17.0 Å². The maximum atomic E-state index is 13.5. The molecule has 1 aliphatic heterocycles. The summed E-state index contributed by atoms with van der Waals surface area (Å²) < 4.78 is 40.4. The van der Waals surface area contributed by atoms with Gasteiger partial charge in [0, 0.05) is 23.5 Å². The summed E-state index contributed by atoms with van der Waals surface area (Å²) in [4.78, 5) is 5.31. The van der Waals surface area contributed by atoms with Crippen LogP contribution in [0.1, 0.15) is 55.7 Å². The lowest BCUT2D eigenvalue weighted by Crippen LogP contribution is -2.21. The van der Waals surface area contributed by atoms with E-state index < -0.39 is 11.7 Å². The third kappa shape index (κ3) is 3.21. The molecule has 1 aliphatic carbocycles. The van der Waals surface area contributed by atoms with Crippen LogP contribution in [0.5, 0.6) is 0 Å². The van der Waals surface area contributed by atoms with Gasteiger partial charge in [0.2, 0.25) is 0 Å². The van der Waals surface area contributed by atoms with Gasteiger partial charge in [-0.2, -0.15) is 13.2 Å². The normalized spacial score (nSPS) is 22.9. The van der Waals surface area contributed by atoms with Gasteiger partial charge in [0.1, 0.15) is 6.10 Å². The van der Waals surface area contributed by atoms with E-state index in [0.717, 1.165) is 31.7 Å². The van der Waals surface area contributed by atoms with Crippen molar-refractivity contribution in [3.8, 4) is 11.8 Å². The maximum absolute atomic E-state index is 13.5. The number of rotatable bonds is 2. The van der Waals surface area contributed by atoms with Crippen LogP contribution in [-0.2, 0) is 11.0 Å². The largest absolute Gasteiger partial charge is 0.417 e. The average Bonchev–Trinajstić information content (AvgIpc) is 3.10. The third-order valence-electron chi connectivity index (χ3n) is 4.30. The van der Waals surface area contributed by atoms with Crippen LogP contribution in [0.4, 0.5) is 13.2 Å². The fourth-order valence-electron chi connectivity index (χ4n) is 3.18. The molecule has 0 aromatic heterocycles. The zero-order valence-corrected chi connectivity index (χ0v) is 12.9. The number of hydrogen-bond acceptors (Lipinski definition) is 2. The lowest BCUT2D eigenvalue weighted by Gasteiger charge is -2.15. The van der Waals surface area contributed by atoms with Crippen molar-refractivity contribution in [2.24, 2.45) is 11.1 Å². The number of nitrogens with zero attached hydrogens (tertiary/aromatic N) is 1. The Morgan fingerprint density at radius 1 is 1.30 bits per heavy atom. The summed E-state index contributed by atoms with van der Waals surface area (Å²) in [5.41, 5.74) is 0.286. The molecule has 2 aliphatic rings. The molecule has 0 bridgehead atoms. The Kier molecular flexibility index (Phi) is 4.34. The summed E-state index contributed by atoms with van der Waals surface area (Å²) >= 11 is 0. The molecule has 0 saturated heterocycles. The minimum absolute atomic E-state index is 0.0203. The first kappa shape index (κ1) is 15.9. The Bertz CT molecular complexity index is 682. The molecule has 23 heavy (non-hydrogen) atoms. The molecule has 0 radical (unpaired) electrons. The second-order valence-electron chi connectivity index (χ2n) is 5.97. The Labute approximate surface area is 133 Å². The Balaban J connectivity index is 1.99. The molecule has 1 aromatic rings. The minimum Gasteiger partial charge on any atom is -0.392 e. The van der Waals surface area contributed by atoms with Gasteiger partial charge >= 0.3 is 6.18 Å². The van der Waals surface area contributed by atoms with Crippen molar-refractivity contribution < 1.29 is 18.0 Å². The van der Waals surface area contributed by atoms with E-state index in [1.807, 2.05) is 6.92 Å². The topological polar surface area (TPSA) is 21.6 Å². The van der Waals surface area contributed by atoms with Crippen LogP contribution in [0.3, 0.4) is 0 Å². The first-order valence-corrected chi connectivity index (χ1v) is 7.95. The predicted molar refractivity (Wildman–Crippen MR) is 82.0 cm³/mol. The Hall–Kier alpha value is -1.96. The lowest BCUT2D eigenvalue weighted by molar-refractivity contribution is -0.137. The van der Waals surface area contributed by atoms with Gasteiger partial charge in [0.05, 0.1) is 11.3 Å². The van der Waals surface area contributed by atoms with Crippen LogP contribution < -0.4 is 0 Å². The third-order valence-corrected chi connectivity index (χ3v) is 4.30. The molecule has 1 saturated carbocycles. The summed E-state index contributed by atoms with van der Waals surface area (Å²) in [5, 5.41) is 3.95. The maximum Gasteiger partial charge on any atom is 0.417 e. The highest BCUT2D eigenvalue weighted by Gasteiger charge is 2.42. The SMILES string of the molecule is CCCC#Cc1ccc(C2=NOC3CCCC23)c(C(F)(F)F)c1. The lowest BCUT2D eigenvalue weighted by atomic mass is 9.90. The van der Waals surface area contributed by atoms with Crippen LogP contribution in [0.2, 0.25) is 0 Å². The summed E-state index contributed by atoms with van der Waals surface area (Å²) in [6, 6.07) is 4.25. The molecular weight excluding hydrogens is 303 g/mol. The molecule has 0 amide bonds. The molecule has 2 nitrogen and oxygen atoms in total. The van der Waals surface area contributed by atoms with Crippen LogP contribution in [0.25, 0.3) is 0 Å². The quantitative estimate of drug-likeness (QED) is 0.720. The van der Waals surface area contributed by atoms with Gasteiger partial charge in [-0.15, -0.1) is 0 Å². The van der Waals surface area contributed by atoms with Crippen molar-refractivity contribution in [3.05, 3.63) is 34.9 Å². The molecule has 2 unspecified atom stereocenters.